The van der Waals surface area contributed by atoms with Gasteiger partial charge in [-0.1, -0.05) is 42.8 Å². The summed E-state index contributed by atoms with van der Waals surface area (Å²) >= 11 is 0. The van der Waals surface area contributed by atoms with Gasteiger partial charge >= 0.3 is 0 Å². The molecule has 0 aliphatic rings. The van der Waals surface area contributed by atoms with Crippen LogP contribution in [0.4, 0.5) is 5.82 Å². The monoisotopic (exact) mass is 362 g/mol. The molecular formula is C21H22N4O2. The summed E-state index contributed by atoms with van der Waals surface area (Å²) in [6.45, 7) is 4.50. The highest BCUT2D eigenvalue weighted by Gasteiger charge is 2.20. The van der Waals surface area contributed by atoms with E-state index in [1.165, 1.54) is 6.20 Å². The summed E-state index contributed by atoms with van der Waals surface area (Å²) in [6, 6.07) is 16.6. The van der Waals surface area contributed by atoms with Crippen LogP contribution in [-0.4, -0.2) is 28.1 Å². The molecule has 27 heavy (non-hydrogen) atoms. The maximum Gasteiger partial charge on any atom is 0.256 e. The number of hydrogen-bond donors (Lipinski definition) is 2. The van der Waals surface area contributed by atoms with Crippen LogP contribution >= 0.6 is 0 Å². The minimum Gasteiger partial charge on any atom is -0.352 e. The molecule has 0 atom stereocenters. The van der Waals surface area contributed by atoms with Gasteiger partial charge in [0.05, 0.1) is 11.9 Å². The molecule has 138 valence electrons. The normalized spacial score (nSPS) is 10.4. The predicted octanol–water partition coefficient (Wildman–Crippen LogP) is 3.57. The summed E-state index contributed by atoms with van der Waals surface area (Å²) in [5.74, 6) is -0.212. The maximum absolute atomic E-state index is 12.7. The quantitative estimate of drug-likeness (QED) is 0.704. The lowest BCUT2D eigenvalue weighted by Gasteiger charge is -2.11. The van der Waals surface area contributed by atoms with Crippen molar-refractivity contribution in [2.24, 2.45) is 0 Å². The number of carbonyl (C=O) groups excluding carboxylic acids is 2. The van der Waals surface area contributed by atoms with Crippen molar-refractivity contribution < 1.29 is 9.59 Å². The number of aromatic nitrogens is 2. The zero-order chi connectivity index (χ0) is 19.2. The Bertz CT molecular complexity index is 931. The van der Waals surface area contributed by atoms with Crippen LogP contribution in [0.3, 0.4) is 0 Å². The number of para-hydroxylation sites is 1. The number of anilines is 1. The number of amides is 2. The molecule has 0 aliphatic carbocycles. The summed E-state index contributed by atoms with van der Waals surface area (Å²) < 4.78 is 1.56. The van der Waals surface area contributed by atoms with Crippen molar-refractivity contribution in [1.29, 1.82) is 0 Å². The van der Waals surface area contributed by atoms with Crippen LogP contribution in [0.1, 0.15) is 39.6 Å². The number of carbonyl (C=O) groups is 2. The highest BCUT2D eigenvalue weighted by atomic mass is 16.2. The van der Waals surface area contributed by atoms with Gasteiger partial charge in [-0.15, -0.1) is 0 Å². The summed E-state index contributed by atoms with van der Waals surface area (Å²) in [6.07, 6.45) is 2.30. The summed E-state index contributed by atoms with van der Waals surface area (Å²) in [4.78, 5) is 25.2. The van der Waals surface area contributed by atoms with Gasteiger partial charge in [0.15, 0.2) is 0 Å². The van der Waals surface area contributed by atoms with E-state index in [4.69, 9.17) is 0 Å². The van der Waals surface area contributed by atoms with Crippen LogP contribution in [0.25, 0.3) is 5.69 Å². The van der Waals surface area contributed by atoms with Gasteiger partial charge in [-0.25, -0.2) is 4.68 Å². The van der Waals surface area contributed by atoms with Gasteiger partial charge in [-0.2, -0.15) is 5.10 Å². The molecular weight excluding hydrogens is 340 g/mol. The Morgan fingerprint density at radius 2 is 1.70 bits per heavy atom. The number of benzene rings is 2. The Morgan fingerprint density at radius 1 is 1.00 bits per heavy atom. The van der Waals surface area contributed by atoms with E-state index in [0.717, 1.165) is 17.7 Å². The number of aryl methyl sites for hydroxylation is 1. The molecule has 3 aromatic rings. The Labute approximate surface area is 158 Å². The van der Waals surface area contributed by atoms with Crippen LogP contribution in [-0.2, 0) is 0 Å². The van der Waals surface area contributed by atoms with Gasteiger partial charge in [0, 0.05) is 12.1 Å². The largest absolute Gasteiger partial charge is 0.352 e. The lowest BCUT2D eigenvalue weighted by molar-refractivity contribution is 0.0954. The van der Waals surface area contributed by atoms with Crippen molar-refractivity contribution in [2.75, 3.05) is 11.9 Å². The SMILES string of the molecule is CCCNC(=O)c1cnn(-c2ccccc2)c1NC(=O)c1ccc(C)cc1. The van der Waals surface area contributed by atoms with Crippen LogP contribution in [0.2, 0.25) is 0 Å². The van der Waals surface area contributed by atoms with Crippen LogP contribution in [0.5, 0.6) is 0 Å². The van der Waals surface area contributed by atoms with Crippen molar-refractivity contribution >= 4 is 17.6 Å². The van der Waals surface area contributed by atoms with Gasteiger partial charge < -0.3 is 10.6 Å². The number of rotatable bonds is 6. The first-order valence-electron chi connectivity index (χ1n) is 8.90. The van der Waals surface area contributed by atoms with E-state index in [1.807, 2.05) is 56.3 Å². The highest BCUT2D eigenvalue weighted by molar-refractivity contribution is 6.08. The second kappa shape index (κ2) is 8.31. The van der Waals surface area contributed by atoms with Crippen LogP contribution < -0.4 is 10.6 Å². The summed E-state index contributed by atoms with van der Waals surface area (Å²) in [5, 5.41) is 10.00. The topological polar surface area (TPSA) is 76.0 Å². The molecule has 0 saturated carbocycles. The molecule has 2 aromatic carbocycles. The van der Waals surface area contributed by atoms with E-state index >= 15 is 0 Å². The standard InChI is InChI=1S/C21H22N4O2/c1-3-13-22-21(27)18-14-23-25(17-7-5-4-6-8-17)19(18)24-20(26)16-11-9-15(2)10-12-16/h4-12,14H,3,13H2,1-2H3,(H,22,27)(H,24,26). The van der Waals surface area contributed by atoms with Gasteiger partial charge in [-0.05, 0) is 37.6 Å². The third-order valence-corrected chi connectivity index (χ3v) is 4.10. The lowest BCUT2D eigenvalue weighted by Crippen LogP contribution is -2.26. The average molecular weight is 362 g/mol. The van der Waals surface area contributed by atoms with E-state index < -0.39 is 0 Å². The molecule has 0 radical (unpaired) electrons. The zero-order valence-corrected chi connectivity index (χ0v) is 15.4. The predicted molar refractivity (Wildman–Crippen MR) is 105 cm³/mol. The lowest BCUT2D eigenvalue weighted by atomic mass is 10.1. The summed E-state index contributed by atoms with van der Waals surface area (Å²) in [5.41, 5.74) is 2.67. The first-order chi connectivity index (χ1) is 13.1. The molecule has 0 unspecified atom stereocenters. The molecule has 2 N–H and O–H groups in total. The molecule has 0 spiro atoms. The van der Waals surface area contributed by atoms with Crippen molar-refractivity contribution in [2.45, 2.75) is 20.3 Å². The fourth-order valence-corrected chi connectivity index (χ4v) is 2.62. The molecule has 1 heterocycles. The molecule has 1 aromatic heterocycles. The maximum atomic E-state index is 12.7. The molecule has 2 amide bonds. The van der Waals surface area contributed by atoms with Gasteiger partial charge in [0.25, 0.3) is 11.8 Å². The highest BCUT2D eigenvalue weighted by Crippen LogP contribution is 2.21. The molecule has 6 nitrogen and oxygen atoms in total. The minimum absolute atomic E-state index is 0.266. The fourth-order valence-electron chi connectivity index (χ4n) is 2.62. The van der Waals surface area contributed by atoms with Crippen molar-refractivity contribution in [1.82, 2.24) is 15.1 Å². The van der Waals surface area contributed by atoms with Gasteiger partial charge in [0.1, 0.15) is 11.4 Å². The van der Waals surface area contributed by atoms with E-state index in [1.54, 1.807) is 16.8 Å². The molecule has 0 saturated heterocycles. The first-order valence-corrected chi connectivity index (χ1v) is 8.90. The van der Waals surface area contributed by atoms with Crippen molar-refractivity contribution in [3.8, 4) is 5.69 Å². The molecule has 0 fully saturated rings. The number of hydrogen-bond acceptors (Lipinski definition) is 3. The third-order valence-electron chi connectivity index (χ3n) is 4.10. The molecule has 0 bridgehead atoms. The Kier molecular flexibility index (Phi) is 5.66. The van der Waals surface area contributed by atoms with Gasteiger partial charge in [0.2, 0.25) is 0 Å². The zero-order valence-electron chi connectivity index (χ0n) is 15.4. The Hall–Kier alpha value is -3.41. The van der Waals surface area contributed by atoms with Crippen LogP contribution in [0, 0.1) is 6.92 Å². The molecule has 0 aliphatic heterocycles. The van der Waals surface area contributed by atoms with E-state index in [2.05, 4.69) is 15.7 Å². The minimum atomic E-state index is -0.294. The van der Waals surface area contributed by atoms with E-state index in [9.17, 15) is 9.59 Å². The van der Waals surface area contributed by atoms with Crippen LogP contribution in [0.15, 0.2) is 60.8 Å². The third kappa shape index (κ3) is 4.23. The second-order valence-corrected chi connectivity index (χ2v) is 6.23. The number of nitrogens with one attached hydrogen (secondary N) is 2. The van der Waals surface area contributed by atoms with Crippen molar-refractivity contribution in [3.05, 3.63) is 77.5 Å². The average Bonchev–Trinajstić information content (AvgIpc) is 3.10. The number of nitrogens with zero attached hydrogens (tertiary/aromatic N) is 2. The molecule has 6 heteroatoms. The van der Waals surface area contributed by atoms with Crippen molar-refractivity contribution in [3.63, 3.8) is 0 Å². The smallest absolute Gasteiger partial charge is 0.256 e. The Balaban J connectivity index is 1.97. The summed E-state index contributed by atoms with van der Waals surface area (Å²) in [7, 11) is 0. The van der Waals surface area contributed by atoms with E-state index in [-0.39, 0.29) is 11.8 Å². The van der Waals surface area contributed by atoms with Gasteiger partial charge in [-0.3, -0.25) is 9.59 Å². The van der Waals surface area contributed by atoms with E-state index in [0.29, 0.717) is 23.5 Å². The first kappa shape index (κ1) is 18.4. The molecule has 3 rings (SSSR count). The second-order valence-electron chi connectivity index (χ2n) is 6.23. The fraction of sp³-hybridized carbons (Fsp3) is 0.190. The Morgan fingerprint density at radius 3 is 2.37 bits per heavy atom.